The van der Waals surface area contributed by atoms with Crippen molar-refractivity contribution in [3.8, 4) is 11.4 Å². The number of nitrogens with one attached hydrogen (secondary N) is 1. The number of aromatic nitrogens is 3. The molecule has 0 bridgehead atoms. The zero-order valence-electron chi connectivity index (χ0n) is 17.0. The molecule has 7 heteroatoms. The number of ether oxygens (including phenoxy) is 1. The summed E-state index contributed by atoms with van der Waals surface area (Å²) in [5.41, 5.74) is 2.09. The molecule has 0 radical (unpaired) electrons. The van der Waals surface area contributed by atoms with Gasteiger partial charge in [0.15, 0.2) is 5.16 Å². The fraction of sp³-hybridized carbons (Fsp3) is 0.318. The molecule has 0 saturated carbocycles. The van der Waals surface area contributed by atoms with E-state index in [0.29, 0.717) is 29.8 Å². The lowest BCUT2D eigenvalue weighted by molar-refractivity contribution is -0.118. The van der Waals surface area contributed by atoms with E-state index in [2.05, 4.69) is 41.5 Å². The average Bonchev–Trinajstić information content (AvgIpc) is 3.13. The van der Waals surface area contributed by atoms with Gasteiger partial charge in [-0.3, -0.25) is 9.36 Å². The lowest BCUT2D eigenvalue weighted by Crippen LogP contribution is -2.28. The lowest BCUT2D eigenvalue weighted by atomic mass is 10.1. The molecule has 1 heterocycles. The van der Waals surface area contributed by atoms with Crippen molar-refractivity contribution in [1.82, 2.24) is 20.1 Å². The van der Waals surface area contributed by atoms with Gasteiger partial charge in [-0.05, 0) is 35.7 Å². The number of hydrogen-bond donors (Lipinski definition) is 1. The predicted octanol–water partition coefficient (Wildman–Crippen LogP) is 3.73. The topological polar surface area (TPSA) is 69.0 Å². The molecule has 1 aromatic heterocycles. The first kappa shape index (κ1) is 20.9. The van der Waals surface area contributed by atoms with Crippen LogP contribution in [0, 0.1) is 5.92 Å². The zero-order chi connectivity index (χ0) is 20.6. The molecule has 0 unspecified atom stereocenters. The first-order valence-corrected chi connectivity index (χ1v) is 10.6. The number of benzene rings is 2. The van der Waals surface area contributed by atoms with Crippen molar-refractivity contribution >= 4 is 17.7 Å². The minimum Gasteiger partial charge on any atom is -0.497 e. The highest BCUT2D eigenvalue weighted by Crippen LogP contribution is 2.25. The van der Waals surface area contributed by atoms with Crippen molar-refractivity contribution in [3.05, 3.63) is 66.0 Å². The molecule has 0 aliphatic carbocycles. The quantitative estimate of drug-likeness (QED) is 0.545. The van der Waals surface area contributed by atoms with Crippen molar-refractivity contribution in [1.29, 1.82) is 0 Å². The summed E-state index contributed by atoms with van der Waals surface area (Å²) >= 11 is 1.39. The Kier molecular flexibility index (Phi) is 7.30. The number of carbonyl (C=O) groups is 1. The van der Waals surface area contributed by atoms with E-state index in [1.165, 1.54) is 11.8 Å². The number of rotatable bonds is 9. The molecule has 2 aromatic carbocycles. The van der Waals surface area contributed by atoms with E-state index in [-0.39, 0.29) is 5.91 Å². The summed E-state index contributed by atoms with van der Waals surface area (Å²) < 4.78 is 7.28. The molecule has 0 saturated heterocycles. The van der Waals surface area contributed by atoms with Crippen molar-refractivity contribution < 1.29 is 9.53 Å². The number of amides is 1. The summed E-state index contributed by atoms with van der Waals surface area (Å²) in [4.78, 5) is 12.1. The molecule has 0 spiro atoms. The molecule has 29 heavy (non-hydrogen) atoms. The first-order valence-electron chi connectivity index (χ1n) is 9.59. The van der Waals surface area contributed by atoms with Crippen LogP contribution < -0.4 is 10.1 Å². The van der Waals surface area contributed by atoms with E-state index in [9.17, 15) is 4.79 Å². The van der Waals surface area contributed by atoms with Gasteiger partial charge in [0.2, 0.25) is 5.91 Å². The summed E-state index contributed by atoms with van der Waals surface area (Å²) in [5, 5.41) is 12.4. The highest BCUT2D eigenvalue weighted by Gasteiger charge is 2.16. The van der Waals surface area contributed by atoms with Crippen LogP contribution in [0.3, 0.4) is 0 Å². The van der Waals surface area contributed by atoms with Gasteiger partial charge in [-0.25, -0.2) is 0 Å². The van der Waals surface area contributed by atoms with Crippen LogP contribution >= 0.6 is 11.8 Å². The van der Waals surface area contributed by atoms with Gasteiger partial charge in [0.05, 0.1) is 12.9 Å². The third kappa shape index (κ3) is 5.84. The Morgan fingerprint density at radius 1 is 1.10 bits per heavy atom. The normalized spacial score (nSPS) is 10.9. The second-order valence-corrected chi connectivity index (χ2v) is 8.02. The maximum Gasteiger partial charge on any atom is 0.230 e. The number of thioether (sulfide) groups is 1. The standard InChI is InChI=1S/C22H26N4O2S/c1-16(2)14-23-21(27)15-29-22-25-24-20(13-17-7-5-4-6-8-17)26(22)18-9-11-19(28-3)12-10-18/h4-12,16H,13-15H2,1-3H3,(H,23,27). The smallest absolute Gasteiger partial charge is 0.230 e. The van der Waals surface area contributed by atoms with Crippen molar-refractivity contribution in [3.63, 3.8) is 0 Å². The molecule has 152 valence electrons. The van der Waals surface area contributed by atoms with Gasteiger partial charge in [0, 0.05) is 18.7 Å². The molecule has 0 fully saturated rings. The van der Waals surface area contributed by atoms with Gasteiger partial charge in [0.1, 0.15) is 11.6 Å². The van der Waals surface area contributed by atoms with E-state index in [1.807, 2.05) is 47.0 Å². The highest BCUT2D eigenvalue weighted by molar-refractivity contribution is 7.99. The number of methoxy groups -OCH3 is 1. The average molecular weight is 411 g/mol. The van der Waals surface area contributed by atoms with Gasteiger partial charge in [-0.1, -0.05) is 55.9 Å². The van der Waals surface area contributed by atoms with Crippen molar-refractivity contribution in [2.24, 2.45) is 5.92 Å². The Morgan fingerprint density at radius 3 is 2.48 bits per heavy atom. The lowest BCUT2D eigenvalue weighted by Gasteiger charge is -2.11. The van der Waals surface area contributed by atoms with Crippen LogP contribution in [-0.2, 0) is 11.2 Å². The molecule has 0 aliphatic heterocycles. The summed E-state index contributed by atoms with van der Waals surface area (Å²) in [5.74, 6) is 2.33. The van der Waals surface area contributed by atoms with Crippen LogP contribution in [0.25, 0.3) is 5.69 Å². The Hall–Kier alpha value is -2.80. The summed E-state index contributed by atoms with van der Waals surface area (Å²) in [6.07, 6.45) is 0.653. The third-order valence-electron chi connectivity index (χ3n) is 4.28. The summed E-state index contributed by atoms with van der Waals surface area (Å²) in [6.45, 7) is 4.82. The molecule has 0 atom stereocenters. The Balaban J connectivity index is 1.84. The summed E-state index contributed by atoms with van der Waals surface area (Å²) in [7, 11) is 1.64. The van der Waals surface area contributed by atoms with Crippen molar-refractivity contribution in [2.75, 3.05) is 19.4 Å². The molecular weight excluding hydrogens is 384 g/mol. The molecular formula is C22H26N4O2S. The van der Waals surface area contributed by atoms with Gasteiger partial charge in [-0.2, -0.15) is 0 Å². The van der Waals surface area contributed by atoms with Crippen molar-refractivity contribution in [2.45, 2.75) is 25.4 Å². The minimum atomic E-state index is -0.00223. The Bertz CT molecular complexity index is 924. The predicted molar refractivity (Wildman–Crippen MR) is 116 cm³/mol. The maximum absolute atomic E-state index is 12.1. The SMILES string of the molecule is COc1ccc(-n2c(Cc3ccccc3)nnc2SCC(=O)NCC(C)C)cc1. The van der Waals surface area contributed by atoms with Crippen LogP contribution in [0.15, 0.2) is 59.8 Å². The highest BCUT2D eigenvalue weighted by atomic mass is 32.2. The number of nitrogens with zero attached hydrogens (tertiary/aromatic N) is 3. The van der Waals surface area contributed by atoms with E-state index < -0.39 is 0 Å². The van der Waals surface area contributed by atoms with E-state index in [1.54, 1.807) is 7.11 Å². The van der Waals surface area contributed by atoms with Crippen LogP contribution in [0.4, 0.5) is 0 Å². The molecule has 1 N–H and O–H groups in total. The monoisotopic (exact) mass is 410 g/mol. The third-order valence-corrected chi connectivity index (χ3v) is 5.20. The van der Waals surface area contributed by atoms with Gasteiger partial charge in [-0.15, -0.1) is 10.2 Å². The largest absolute Gasteiger partial charge is 0.497 e. The van der Waals surface area contributed by atoms with E-state index in [0.717, 1.165) is 22.8 Å². The molecule has 6 nitrogen and oxygen atoms in total. The van der Waals surface area contributed by atoms with Crippen LogP contribution in [0.5, 0.6) is 5.75 Å². The van der Waals surface area contributed by atoms with Crippen LogP contribution in [0.1, 0.15) is 25.2 Å². The second-order valence-electron chi connectivity index (χ2n) is 7.08. The van der Waals surface area contributed by atoms with Crippen LogP contribution in [0.2, 0.25) is 0 Å². The first-order chi connectivity index (χ1) is 14.1. The van der Waals surface area contributed by atoms with Gasteiger partial charge in [0.25, 0.3) is 0 Å². The van der Waals surface area contributed by atoms with Gasteiger partial charge < -0.3 is 10.1 Å². The number of carbonyl (C=O) groups excluding carboxylic acids is 1. The van der Waals surface area contributed by atoms with E-state index >= 15 is 0 Å². The zero-order valence-corrected chi connectivity index (χ0v) is 17.8. The fourth-order valence-corrected chi connectivity index (χ4v) is 3.58. The molecule has 3 aromatic rings. The van der Waals surface area contributed by atoms with Gasteiger partial charge >= 0.3 is 0 Å². The molecule has 3 rings (SSSR count). The molecule has 0 aliphatic rings. The minimum absolute atomic E-state index is 0.00223. The second kappa shape index (κ2) is 10.1. The number of hydrogen-bond acceptors (Lipinski definition) is 5. The van der Waals surface area contributed by atoms with E-state index in [4.69, 9.17) is 4.74 Å². The Morgan fingerprint density at radius 2 is 1.83 bits per heavy atom. The summed E-state index contributed by atoms with van der Waals surface area (Å²) in [6, 6.07) is 17.9. The Labute approximate surface area is 175 Å². The van der Waals surface area contributed by atoms with Crippen LogP contribution in [-0.4, -0.2) is 40.1 Å². The fourth-order valence-electron chi connectivity index (χ4n) is 2.78. The molecule has 1 amide bonds. The maximum atomic E-state index is 12.1.